The molecule has 0 fully saturated rings. The second kappa shape index (κ2) is 9.17. The second-order valence-electron chi connectivity index (χ2n) is 7.12. The number of rotatable bonds is 6. The van der Waals surface area contributed by atoms with Gasteiger partial charge in [-0.1, -0.05) is 29.8 Å². The minimum Gasteiger partial charge on any atom is -0.479 e. The van der Waals surface area contributed by atoms with Gasteiger partial charge in [0.05, 0.1) is 22.8 Å². The third-order valence-electron chi connectivity index (χ3n) is 4.67. The monoisotopic (exact) mass is 430 g/mol. The van der Waals surface area contributed by atoms with Gasteiger partial charge in [-0.15, -0.1) is 0 Å². The van der Waals surface area contributed by atoms with Gasteiger partial charge < -0.3 is 19.7 Å². The van der Waals surface area contributed by atoms with Crippen molar-refractivity contribution in [1.82, 2.24) is 0 Å². The van der Waals surface area contributed by atoms with Crippen LogP contribution in [0.2, 0.25) is 5.02 Å². The number of carbonyl (C=O) groups excluding carboxylic acids is 3. The summed E-state index contributed by atoms with van der Waals surface area (Å²) < 4.78 is 10.6. The number of para-hydroxylation sites is 2. The van der Waals surface area contributed by atoms with E-state index in [2.05, 4.69) is 5.32 Å². The molecular formula is C22H23ClN2O5. The first-order chi connectivity index (χ1) is 14.3. The minimum absolute atomic E-state index is 0.0512. The Morgan fingerprint density at radius 3 is 2.70 bits per heavy atom. The molecule has 0 radical (unpaired) electrons. The van der Waals surface area contributed by atoms with Gasteiger partial charge in [0.1, 0.15) is 5.75 Å². The van der Waals surface area contributed by atoms with Gasteiger partial charge >= 0.3 is 5.97 Å². The molecule has 0 spiro atoms. The van der Waals surface area contributed by atoms with Crippen molar-refractivity contribution in [2.24, 2.45) is 0 Å². The smallest absolute Gasteiger partial charge is 0.308 e. The van der Waals surface area contributed by atoms with Gasteiger partial charge in [-0.2, -0.15) is 0 Å². The lowest BCUT2D eigenvalue weighted by Crippen LogP contribution is -2.45. The Hall–Kier alpha value is -3.06. The van der Waals surface area contributed by atoms with Gasteiger partial charge in [0.25, 0.3) is 11.8 Å². The first-order valence-corrected chi connectivity index (χ1v) is 9.93. The Bertz CT molecular complexity index is 968. The van der Waals surface area contributed by atoms with Crippen LogP contribution in [-0.2, 0) is 19.1 Å². The van der Waals surface area contributed by atoms with Crippen molar-refractivity contribution in [1.29, 1.82) is 0 Å². The molecule has 0 bridgehead atoms. The molecule has 7 nitrogen and oxygen atoms in total. The Balaban J connectivity index is 1.53. The fraction of sp³-hybridized carbons (Fsp3) is 0.318. The second-order valence-corrected chi connectivity index (χ2v) is 7.52. The number of benzene rings is 2. The van der Waals surface area contributed by atoms with Gasteiger partial charge in [-0.25, -0.2) is 0 Å². The lowest BCUT2D eigenvalue weighted by atomic mass is 10.1. The van der Waals surface area contributed by atoms with E-state index in [1.165, 1.54) is 4.90 Å². The van der Waals surface area contributed by atoms with E-state index in [0.29, 0.717) is 22.1 Å². The lowest BCUT2D eigenvalue weighted by Gasteiger charge is -2.32. The van der Waals surface area contributed by atoms with Gasteiger partial charge in [-0.3, -0.25) is 14.4 Å². The number of esters is 1. The van der Waals surface area contributed by atoms with Crippen molar-refractivity contribution in [3.05, 3.63) is 52.5 Å². The third kappa shape index (κ3) is 4.91. The van der Waals surface area contributed by atoms with Crippen LogP contribution in [0.15, 0.2) is 36.4 Å². The number of hydrogen-bond donors (Lipinski definition) is 1. The normalized spacial score (nSPS) is 15.3. The molecule has 2 amide bonds. The van der Waals surface area contributed by atoms with E-state index in [1.54, 1.807) is 31.2 Å². The van der Waals surface area contributed by atoms with Crippen LogP contribution >= 0.6 is 11.6 Å². The molecule has 0 aliphatic carbocycles. The summed E-state index contributed by atoms with van der Waals surface area (Å²) in [7, 11) is 0. The molecule has 0 saturated carbocycles. The SMILES string of the molecule is Cc1cc(C)c(NC(=O)COC(=O)CCN2C(=O)C(C)Oc3ccccc32)c(Cl)c1. The average molecular weight is 431 g/mol. The molecule has 2 aromatic carbocycles. The number of halogens is 1. The minimum atomic E-state index is -0.635. The average Bonchev–Trinajstić information content (AvgIpc) is 2.69. The van der Waals surface area contributed by atoms with Crippen molar-refractivity contribution < 1.29 is 23.9 Å². The zero-order valence-electron chi connectivity index (χ0n) is 17.0. The molecule has 1 heterocycles. The molecule has 8 heteroatoms. The van der Waals surface area contributed by atoms with Crippen LogP contribution in [0.5, 0.6) is 5.75 Å². The number of nitrogens with zero attached hydrogens (tertiary/aromatic N) is 1. The van der Waals surface area contributed by atoms with E-state index >= 15 is 0 Å². The first kappa shape index (κ1) is 21.6. The highest BCUT2D eigenvalue weighted by Gasteiger charge is 2.31. The van der Waals surface area contributed by atoms with Crippen LogP contribution in [-0.4, -0.2) is 37.0 Å². The molecule has 1 atom stereocenters. The maximum Gasteiger partial charge on any atom is 0.308 e. The molecule has 158 valence electrons. The van der Waals surface area contributed by atoms with Crippen LogP contribution in [0.1, 0.15) is 24.5 Å². The quantitative estimate of drug-likeness (QED) is 0.707. The number of hydrogen-bond acceptors (Lipinski definition) is 5. The molecule has 30 heavy (non-hydrogen) atoms. The van der Waals surface area contributed by atoms with E-state index in [4.69, 9.17) is 21.1 Å². The highest BCUT2D eigenvalue weighted by atomic mass is 35.5. The van der Waals surface area contributed by atoms with Crippen LogP contribution in [0, 0.1) is 13.8 Å². The Morgan fingerprint density at radius 1 is 1.23 bits per heavy atom. The van der Waals surface area contributed by atoms with Crippen molar-refractivity contribution in [2.45, 2.75) is 33.3 Å². The van der Waals surface area contributed by atoms with Crippen LogP contribution in [0.4, 0.5) is 11.4 Å². The van der Waals surface area contributed by atoms with Crippen molar-refractivity contribution in [2.75, 3.05) is 23.4 Å². The molecule has 0 aromatic heterocycles. The standard InChI is InChI=1S/C22H23ClN2O5/c1-13-10-14(2)21(16(23)11-13)24-19(26)12-29-20(27)8-9-25-17-6-4-5-7-18(17)30-15(3)22(25)28/h4-7,10-11,15H,8-9,12H2,1-3H3,(H,24,26). The maximum atomic E-state index is 12.4. The molecule has 0 saturated heterocycles. The predicted octanol–water partition coefficient (Wildman–Crippen LogP) is 3.64. The number of nitrogens with one attached hydrogen (secondary N) is 1. The molecular weight excluding hydrogens is 408 g/mol. The summed E-state index contributed by atoms with van der Waals surface area (Å²) in [5.74, 6) is -0.716. The summed E-state index contributed by atoms with van der Waals surface area (Å²) in [6, 6.07) is 10.8. The van der Waals surface area contributed by atoms with E-state index in [-0.39, 0.29) is 18.9 Å². The first-order valence-electron chi connectivity index (χ1n) is 9.55. The van der Waals surface area contributed by atoms with Crippen LogP contribution < -0.4 is 15.0 Å². The molecule has 2 aromatic rings. The number of ether oxygens (including phenoxy) is 2. The Kier molecular flexibility index (Phi) is 6.62. The predicted molar refractivity (Wildman–Crippen MR) is 114 cm³/mol. The zero-order valence-corrected chi connectivity index (χ0v) is 17.8. The van der Waals surface area contributed by atoms with E-state index in [9.17, 15) is 14.4 Å². The van der Waals surface area contributed by atoms with Gasteiger partial charge in [0.15, 0.2) is 12.7 Å². The summed E-state index contributed by atoms with van der Waals surface area (Å²) in [6.45, 7) is 5.09. The maximum absolute atomic E-state index is 12.4. The Labute approximate surface area is 179 Å². The number of carbonyl (C=O) groups is 3. The van der Waals surface area contributed by atoms with Gasteiger partial charge in [-0.05, 0) is 50.1 Å². The highest BCUT2D eigenvalue weighted by molar-refractivity contribution is 6.34. The molecule has 1 N–H and O–H groups in total. The number of amides is 2. The van der Waals surface area contributed by atoms with Crippen LogP contribution in [0.25, 0.3) is 0 Å². The molecule has 1 aliphatic heterocycles. The van der Waals surface area contributed by atoms with Crippen LogP contribution in [0.3, 0.4) is 0 Å². The number of fused-ring (bicyclic) bond motifs is 1. The van der Waals surface area contributed by atoms with Crippen molar-refractivity contribution in [3.8, 4) is 5.75 Å². The Morgan fingerprint density at radius 2 is 1.97 bits per heavy atom. The number of aryl methyl sites for hydroxylation is 2. The molecule has 1 unspecified atom stereocenters. The zero-order chi connectivity index (χ0) is 21.8. The van der Waals surface area contributed by atoms with Gasteiger partial charge in [0.2, 0.25) is 0 Å². The largest absolute Gasteiger partial charge is 0.479 e. The summed E-state index contributed by atoms with van der Waals surface area (Å²) in [4.78, 5) is 38.2. The van der Waals surface area contributed by atoms with E-state index < -0.39 is 24.6 Å². The topological polar surface area (TPSA) is 84.9 Å². The lowest BCUT2D eigenvalue weighted by molar-refractivity contribution is -0.147. The third-order valence-corrected chi connectivity index (χ3v) is 4.97. The van der Waals surface area contributed by atoms with E-state index in [0.717, 1.165) is 11.1 Å². The van der Waals surface area contributed by atoms with Crippen molar-refractivity contribution >= 4 is 40.8 Å². The highest BCUT2D eigenvalue weighted by Crippen LogP contribution is 2.33. The van der Waals surface area contributed by atoms with Crippen molar-refractivity contribution in [3.63, 3.8) is 0 Å². The summed E-state index contributed by atoms with van der Waals surface area (Å²) in [5, 5.41) is 3.09. The fourth-order valence-electron chi connectivity index (χ4n) is 3.26. The van der Waals surface area contributed by atoms with E-state index in [1.807, 2.05) is 26.0 Å². The van der Waals surface area contributed by atoms with Gasteiger partial charge in [0, 0.05) is 6.54 Å². The summed E-state index contributed by atoms with van der Waals surface area (Å²) >= 11 is 6.17. The number of anilines is 2. The summed E-state index contributed by atoms with van der Waals surface area (Å²) in [5.41, 5.74) is 2.90. The fourth-order valence-corrected chi connectivity index (χ4v) is 3.63. The summed E-state index contributed by atoms with van der Waals surface area (Å²) in [6.07, 6.45) is -0.686. The molecule has 1 aliphatic rings. The molecule has 3 rings (SSSR count).